The zero-order chi connectivity index (χ0) is 15.1. The molecular formula is C15H19ClN4O. The molecule has 0 aliphatic heterocycles. The lowest BCUT2D eigenvalue weighted by Crippen LogP contribution is -2.07. The lowest BCUT2D eigenvalue weighted by Gasteiger charge is -2.11. The summed E-state index contributed by atoms with van der Waals surface area (Å²) in [5.41, 5.74) is 0.808. The Hall–Kier alpha value is -1.85. The van der Waals surface area contributed by atoms with Crippen LogP contribution < -0.4 is 10.6 Å². The van der Waals surface area contributed by atoms with E-state index >= 15 is 0 Å². The molecule has 2 rings (SSSR count). The predicted octanol–water partition coefficient (Wildman–Crippen LogP) is 3.84. The van der Waals surface area contributed by atoms with Crippen molar-refractivity contribution in [3.8, 4) is 0 Å². The molecule has 21 heavy (non-hydrogen) atoms. The number of benzene rings is 1. The van der Waals surface area contributed by atoms with Crippen LogP contribution in [0.1, 0.15) is 19.7 Å². The van der Waals surface area contributed by atoms with Gasteiger partial charge in [-0.1, -0.05) is 23.7 Å². The number of para-hydroxylation sites is 1. The molecule has 0 unspecified atom stereocenters. The summed E-state index contributed by atoms with van der Waals surface area (Å²) in [7, 11) is 0. The van der Waals surface area contributed by atoms with Crippen LogP contribution in [0.2, 0.25) is 5.02 Å². The van der Waals surface area contributed by atoms with E-state index in [1.165, 1.54) is 0 Å². The van der Waals surface area contributed by atoms with Crippen molar-refractivity contribution in [2.75, 3.05) is 23.8 Å². The van der Waals surface area contributed by atoms with E-state index in [2.05, 4.69) is 20.6 Å². The van der Waals surface area contributed by atoms with Crippen molar-refractivity contribution < 1.29 is 4.74 Å². The number of anilines is 3. The highest BCUT2D eigenvalue weighted by molar-refractivity contribution is 6.33. The molecule has 0 aliphatic rings. The van der Waals surface area contributed by atoms with Crippen LogP contribution in [0.15, 0.2) is 30.3 Å². The molecule has 0 spiro atoms. The normalized spacial score (nSPS) is 10.4. The summed E-state index contributed by atoms with van der Waals surface area (Å²) in [4.78, 5) is 8.85. The van der Waals surface area contributed by atoms with Gasteiger partial charge in [-0.15, -0.1) is 0 Å². The van der Waals surface area contributed by atoms with Crippen LogP contribution >= 0.6 is 11.6 Å². The van der Waals surface area contributed by atoms with Gasteiger partial charge in [-0.3, -0.25) is 0 Å². The molecule has 0 saturated heterocycles. The Labute approximate surface area is 129 Å². The molecular weight excluding hydrogens is 288 g/mol. The van der Waals surface area contributed by atoms with Crippen LogP contribution in [0.5, 0.6) is 0 Å². The van der Waals surface area contributed by atoms with Gasteiger partial charge >= 0.3 is 0 Å². The molecule has 0 bridgehead atoms. The molecule has 1 heterocycles. The van der Waals surface area contributed by atoms with Crippen LogP contribution in [-0.2, 0) is 11.3 Å². The molecule has 0 aliphatic carbocycles. The second-order valence-corrected chi connectivity index (χ2v) is 4.73. The Kier molecular flexibility index (Phi) is 5.78. The minimum Gasteiger partial charge on any atom is -0.374 e. The van der Waals surface area contributed by atoms with Crippen molar-refractivity contribution in [3.63, 3.8) is 0 Å². The van der Waals surface area contributed by atoms with Gasteiger partial charge in [0.15, 0.2) is 5.82 Å². The van der Waals surface area contributed by atoms with Crippen LogP contribution in [0.25, 0.3) is 0 Å². The Morgan fingerprint density at radius 3 is 2.62 bits per heavy atom. The summed E-state index contributed by atoms with van der Waals surface area (Å²) < 4.78 is 5.38. The minimum atomic E-state index is 0.382. The van der Waals surface area contributed by atoms with Gasteiger partial charge in [0.1, 0.15) is 18.2 Å². The molecule has 0 atom stereocenters. The third-order valence-corrected chi connectivity index (χ3v) is 3.03. The van der Waals surface area contributed by atoms with Crippen molar-refractivity contribution in [1.82, 2.24) is 9.97 Å². The number of rotatable bonds is 7. The van der Waals surface area contributed by atoms with Crippen LogP contribution in [0.4, 0.5) is 17.3 Å². The van der Waals surface area contributed by atoms with Gasteiger partial charge in [-0.05, 0) is 26.0 Å². The number of nitrogens with zero attached hydrogens (tertiary/aromatic N) is 2. The SMILES string of the molecule is CCNc1cc(Nc2ccccc2Cl)nc(COCC)n1. The van der Waals surface area contributed by atoms with E-state index in [1.807, 2.05) is 44.2 Å². The highest BCUT2D eigenvalue weighted by Crippen LogP contribution is 2.24. The quantitative estimate of drug-likeness (QED) is 0.814. The second kappa shape index (κ2) is 7.81. The van der Waals surface area contributed by atoms with Crippen LogP contribution in [0, 0.1) is 0 Å². The molecule has 2 aromatic rings. The predicted molar refractivity (Wildman–Crippen MR) is 86.3 cm³/mol. The molecule has 6 heteroatoms. The number of aromatic nitrogens is 2. The third kappa shape index (κ3) is 4.58. The number of hydrogen-bond acceptors (Lipinski definition) is 5. The first-order valence-corrected chi connectivity index (χ1v) is 7.31. The Bertz CT molecular complexity index is 592. The fraction of sp³-hybridized carbons (Fsp3) is 0.333. The molecule has 0 fully saturated rings. The molecule has 5 nitrogen and oxygen atoms in total. The molecule has 1 aromatic carbocycles. The lowest BCUT2D eigenvalue weighted by molar-refractivity contribution is 0.128. The van der Waals surface area contributed by atoms with Gasteiger partial charge in [0, 0.05) is 19.2 Å². The Balaban J connectivity index is 2.24. The maximum atomic E-state index is 6.15. The van der Waals surface area contributed by atoms with Gasteiger partial charge in [0.25, 0.3) is 0 Å². The van der Waals surface area contributed by atoms with E-state index in [9.17, 15) is 0 Å². The number of halogens is 1. The summed E-state index contributed by atoms with van der Waals surface area (Å²) in [5, 5.41) is 7.04. The van der Waals surface area contributed by atoms with Gasteiger partial charge in [0.2, 0.25) is 0 Å². The first-order chi connectivity index (χ1) is 10.2. The van der Waals surface area contributed by atoms with Crippen molar-refractivity contribution >= 4 is 28.9 Å². The Morgan fingerprint density at radius 1 is 1.14 bits per heavy atom. The topological polar surface area (TPSA) is 59.1 Å². The zero-order valence-corrected chi connectivity index (χ0v) is 12.9. The first kappa shape index (κ1) is 15.5. The summed E-state index contributed by atoms with van der Waals surface area (Å²) in [6.45, 7) is 5.76. The van der Waals surface area contributed by atoms with Crippen LogP contribution in [-0.4, -0.2) is 23.1 Å². The minimum absolute atomic E-state index is 0.382. The molecule has 1 aromatic heterocycles. The van der Waals surface area contributed by atoms with Gasteiger partial charge in [-0.25, -0.2) is 9.97 Å². The first-order valence-electron chi connectivity index (χ1n) is 6.94. The van der Waals surface area contributed by atoms with E-state index in [4.69, 9.17) is 16.3 Å². The van der Waals surface area contributed by atoms with Gasteiger partial charge in [-0.2, -0.15) is 0 Å². The van der Waals surface area contributed by atoms with E-state index in [0.717, 1.165) is 18.1 Å². The van der Waals surface area contributed by atoms with E-state index in [0.29, 0.717) is 29.9 Å². The largest absolute Gasteiger partial charge is 0.374 e. The second-order valence-electron chi connectivity index (χ2n) is 4.33. The Morgan fingerprint density at radius 2 is 1.90 bits per heavy atom. The maximum absolute atomic E-state index is 6.15. The van der Waals surface area contributed by atoms with Crippen molar-refractivity contribution in [3.05, 3.63) is 41.2 Å². The van der Waals surface area contributed by atoms with Crippen molar-refractivity contribution in [2.45, 2.75) is 20.5 Å². The lowest BCUT2D eigenvalue weighted by atomic mass is 10.3. The monoisotopic (exact) mass is 306 g/mol. The third-order valence-electron chi connectivity index (χ3n) is 2.70. The zero-order valence-electron chi connectivity index (χ0n) is 12.2. The molecule has 0 radical (unpaired) electrons. The van der Waals surface area contributed by atoms with E-state index in [-0.39, 0.29) is 0 Å². The van der Waals surface area contributed by atoms with Crippen molar-refractivity contribution in [2.24, 2.45) is 0 Å². The summed E-state index contributed by atoms with van der Waals surface area (Å²) in [6.07, 6.45) is 0. The van der Waals surface area contributed by atoms with Crippen LogP contribution in [0.3, 0.4) is 0 Å². The molecule has 0 saturated carbocycles. The molecule has 2 N–H and O–H groups in total. The summed E-state index contributed by atoms with van der Waals surface area (Å²) in [6, 6.07) is 9.39. The highest BCUT2D eigenvalue weighted by Gasteiger charge is 2.06. The highest BCUT2D eigenvalue weighted by atomic mass is 35.5. The number of hydrogen-bond donors (Lipinski definition) is 2. The van der Waals surface area contributed by atoms with Crippen molar-refractivity contribution in [1.29, 1.82) is 0 Å². The summed E-state index contributed by atoms with van der Waals surface area (Å²) in [5.74, 6) is 2.07. The van der Waals surface area contributed by atoms with E-state index < -0.39 is 0 Å². The van der Waals surface area contributed by atoms with Gasteiger partial charge < -0.3 is 15.4 Å². The standard InChI is InChI=1S/C15H19ClN4O/c1-3-17-13-9-14(20-15(19-13)10-21-4-2)18-12-8-6-5-7-11(12)16/h5-9H,3-4,10H2,1-2H3,(H2,17,18,19,20). The van der Waals surface area contributed by atoms with Gasteiger partial charge in [0.05, 0.1) is 10.7 Å². The average Bonchev–Trinajstić information content (AvgIpc) is 2.48. The fourth-order valence-corrected chi connectivity index (χ4v) is 1.97. The number of nitrogens with one attached hydrogen (secondary N) is 2. The fourth-order valence-electron chi connectivity index (χ4n) is 1.79. The maximum Gasteiger partial charge on any atom is 0.158 e. The average molecular weight is 307 g/mol. The number of ether oxygens (including phenoxy) is 1. The smallest absolute Gasteiger partial charge is 0.158 e. The molecule has 0 amide bonds. The molecule has 112 valence electrons. The summed E-state index contributed by atoms with van der Waals surface area (Å²) >= 11 is 6.15. The van der Waals surface area contributed by atoms with E-state index in [1.54, 1.807) is 0 Å².